The molecule has 23 heavy (non-hydrogen) atoms. The maximum Gasteiger partial charge on any atom is 0.161 e. The zero-order chi connectivity index (χ0) is 16.4. The summed E-state index contributed by atoms with van der Waals surface area (Å²) in [5.74, 6) is 1.34. The molecule has 3 rings (SSSR count). The van der Waals surface area contributed by atoms with Gasteiger partial charge in [-0.1, -0.05) is 24.3 Å². The zero-order valence-electron chi connectivity index (χ0n) is 13.8. The molecular formula is C19H23NO3. The SMILES string of the molecule is CNCC1(O)c2ccccc2CCc2cc(OC)c(OC)cc21. The summed E-state index contributed by atoms with van der Waals surface area (Å²) in [7, 11) is 5.10. The lowest BCUT2D eigenvalue weighted by Crippen LogP contribution is -2.38. The molecule has 0 spiro atoms. The van der Waals surface area contributed by atoms with Crippen LogP contribution in [0.4, 0.5) is 0 Å². The van der Waals surface area contributed by atoms with Crippen molar-refractivity contribution in [1.82, 2.24) is 5.32 Å². The van der Waals surface area contributed by atoms with E-state index < -0.39 is 5.60 Å². The molecule has 0 saturated heterocycles. The number of hydrogen-bond acceptors (Lipinski definition) is 4. The maximum atomic E-state index is 11.6. The summed E-state index contributed by atoms with van der Waals surface area (Å²) < 4.78 is 10.9. The number of rotatable bonds is 4. The van der Waals surface area contributed by atoms with E-state index in [0.717, 1.165) is 29.5 Å². The van der Waals surface area contributed by atoms with E-state index in [-0.39, 0.29) is 0 Å². The van der Waals surface area contributed by atoms with E-state index in [1.165, 1.54) is 5.56 Å². The first-order valence-electron chi connectivity index (χ1n) is 7.84. The topological polar surface area (TPSA) is 50.7 Å². The minimum Gasteiger partial charge on any atom is -0.493 e. The molecule has 0 fully saturated rings. The molecule has 2 aromatic rings. The third-order valence-corrected chi connectivity index (χ3v) is 4.61. The summed E-state index contributed by atoms with van der Waals surface area (Å²) in [6, 6.07) is 12.0. The number of methoxy groups -OCH3 is 2. The van der Waals surface area contributed by atoms with Crippen LogP contribution < -0.4 is 14.8 Å². The van der Waals surface area contributed by atoms with E-state index in [4.69, 9.17) is 9.47 Å². The highest BCUT2D eigenvalue weighted by molar-refractivity contribution is 5.55. The van der Waals surface area contributed by atoms with Gasteiger partial charge in [-0.2, -0.15) is 0 Å². The highest BCUT2D eigenvalue weighted by Gasteiger charge is 2.37. The number of hydrogen-bond donors (Lipinski definition) is 2. The predicted octanol–water partition coefficient (Wildman–Crippen LogP) is 2.26. The molecule has 0 saturated carbocycles. The lowest BCUT2D eigenvalue weighted by Gasteiger charge is -2.31. The van der Waals surface area contributed by atoms with Gasteiger partial charge < -0.3 is 19.9 Å². The molecule has 2 aromatic carbocycles. The van der Waals surface area contributed by atoms with Gasteiger partial charge in [0.2, 0.25) is 0 Å². The highest BCUT2D eigenvalue weighted by Crippen LogP contribution is 2.42. The van der Waals surface area contributed by atoms with Gasteiger partial charge in [0.25, 0.3) is 0 Å². The van der Waals surface area contributed by atoms with Crippen molar-refractivity contribution in [2.45, 2.75) is 18.4 Å². The van der Waals surface area contributed by atoms with E-state index in [1.807, 2.05) is 37.4 Å². The third-order valence-electron chi connectivity index (χ3n) is 4.61. The van der Waals surface area contributed by atoms with E-state index >= 15 is 0 Å². The Morgan fingerprint density at radius 3 is 2.35 bits per heavy atom. The Morgan fingerprint density at radius 1 is 1.00 bits per heavy atom. The molecule has 0 bridgehead atoms. The lowest BCUT2D eigenvalue weighted by molar-refractivity contribution is 0.0813. The normalized spacial score (nSPS) is 19.5. The van der Waals surface area contributed by atoms with Gasteiger partial charge in [0.1, 0.15) is 5.60 Å². The fourth-order valence-corrected chi connectivity index (χ4v) is 3.52. The molecule has 1 atom stereocenters. The fraction of sp³-hybridized carbons (Fsp3) is 0.368. The van der Waals surface area contributed by atoms with Crippen molar-refractivity contribution in [3.63, 3.8) is 0 Å². The average Bonchev–Trinajstić information content (AvgIpc) is 2.70. The lowest BCUT2D eigenvalue weighted by atomic mass is 9.83. The molecule has 2 N–H and O–H groups in total. The summed E-state index contributed by atoms with van der Waals surface area (Å²) in [4.78, 5) is 0. The van der Waals surface area contributed by atoms with E-state index in [9.17, 15) is 5.11 Å². The van der Waals surface area contributed by atoms with Gasteiger partial charge in [0.15, 0.2) is 11.5 Å². The average molecular weight is 313 g/mol. The van der Waals surface area contributed by atoms with Crippen molar-refractivity contribution in [2.24, 2.45) is 0 Å². The standard InChI is InChI=1S/C19H23NO3/c1-20-12-19(21)15-7-5-4-6-13(15)8-9-14-10-17(22-2)18(23-3)11-16(14)19/h4-7,10-11,20-21H,8-9,12H2,1-3H3. The Labute approximate surface area is 137 Å². The molecule has 0 aliphatic heterocycles. The first-order valence-corrected chi connectivity index (χ1v) is 7.84. The maximum absolute atomic E-state index is 11.6. The largest absolute Gasteiger partial charge is 0.493 e. The van der Waals surface area contributed by atoms with Crippen molar-refractivity contribution in [2.75, 3.05) is 27.8 Å². The summed E-state index contributed by atoms with van der Waals surface area (Å²) in [6.07, 6.45) is 1.75. The highest BCUT2D eigenvalue weighted by atomic mass is 16.5. The Balaban J connectivity index is 2.26. The molecule has 1 unspecified atom stereocenters. The van der Waals surface area contributed by atoms with Gasteiger partial charge in [-0.25, -0.2) is 0 Å². The molecule has 0 amide bonds. The van der Waals surface area contributed by atoms with Crippen molar-refractivity contribution in [3.05, 3.63) is 58.7 Å². The van der Waals surface area contributed by atoms with Crippen LogP contribution in [-0.2, 0) is 18.4 Å². The van der Waals surface area contributed by atoms with Crippen LogP contribution in [0.1, 0.15) is 22.3 Å². The third kappa shape index (κ3) is 2.58. The molecule has 4 heteroatoms. The Morgan fingerprint density at radius 2 is 1.65 bits per heavy atom. The summed E-state index contributed by atoms with van der Waals surface area (Å²) in [5, 5.41) is 14.7. The summed E-state index contributed by atoms with van der Waals surface area (Å²) >= 11 is 0. The van der Waals surface area contributed by atoms with Crippen molar-refractivity contribution in [1.29, 1.82) is 0 Å². The minimum absolute atomic E-state index is 0.437. The molecule has 0 radical (unpaired) electrons. The second kappa shape index (κ2) is 6.22. The van der Waals surface area contributed by atoms with Crippen LogP contribution in [0.5, 0.6) is 11.5 Å². The van der Waals surface area contributed by atoms with Gasteiger partial charge in [-0.15, -0.1) is 0 Å². The van der Waals surface area contributed by atoms with Gasteiger partial charge in [-0.3, -0.25) is 0 Å². The predicted molar refractivity (Wildman–Crippen MR) is 90.3 cm³/mol. The van der Waals surface area contributed by atoms with Crippen LogP contribution in [0.3, 0.4) is 0 Å². The molecule has 4 nitrogen and oxygen atoms in total. The van der Waals surface area contributed by atoms with E-state index in [0.29, 0.717) is 18.0 Å². The quantitative estimate of drug-likeness (QED) is 0.909. The number of aryl methyl sites for hydroxylation is 2. The molecular weight excluding hydrogens is 290 g/mol. The van der Waals surface area contributed by atoms with Crippen LogP contribution in [0.25, 0.3) is 0 Å². The molecule has 0 aromatic heterocycles. The Kier molecular flexibility index (Phi) is 4.28. The second-order valence-electron chi connectivity index (χ2n) is 5.91. The van der Waals surface area contributed by atoms with Crippen LogP contribution in [0.2, 0.25) is 0 Å². The number of nitrogens with one attached hydrogen (secondary N) is 1. The van der Waals surface area contributed by atoms with E-state index in [2.05, 4.69) is 11.4 Å². The molecule has 122 valence electrons. The molecule has 1 aliphatic rings. The minimum atomic E-state index is -1.09. The zero-order valence-corrected chi connectivity index (χ0v) is 13.8. The van der Waals surface area contributed by atoms with Crippen LogP contribution in [0.15, 0.2) is 36.4 Å². The van der Waals surface area contributed by atoms with E-state index in [1.54, 1.807) is 14.2 Å². The second-order valence-corrected chi connectivity index (χ2v) is 5.91. The van der Waals surface area contributed by atoms with Gasteiger partial charge in [0.05, 0.1) is 14.2 Å². The Hall–Kier alpha value is -2.04. The number of fused-ring (bicyclic) bond motifs is 2. The summed E-state index contributed by atoms with van der Waals surface area (Å²) in [5.41, 5.74) is 3.03. The van der Waals surface area contributed by atoms with Crippen LogP contribution in [-0.4, -0.2) is 32.9 Å². The van der Waals surface area contributed by atoms with Crippen molar-refractivity contribution >= 4 is 0 Å². The molecule has 0 heterocycles. The Bertz CT molecular complexity index is 714. The number of likely N-dealkylation sites (N-methyl/N-ethyl adjacent to an activating group) is 1. The van der Waals surface area contributed by atoms with Gasteiger partial charge in [-0.05, 0) is 54.3 Å². The number of benzene rings is 2. The van der Waals surface area contributed by atoms with Gasteiger partial charge in [0, 0.05) is 6.54 Å². The first kappa shape index (κ1) is 15.8. The van der Waals surface area contributed by atoms with Crippen molar-refractivity contribution < 1.29 is 14.6 Å². The molecule has 1 aliphatic carbocycles. The van der Waals surface area contributed by atoms with Crippen LogP contribution in [0, 0.1) is 0 Å². The van der Waals surface area contributed by atoms with Crippen molar-refractivity contribution in [3.8, 4) is 11.5 Å². The van der Waals surface area contributed by atoms with Crippen LogP contribution >= 0.6 is 0 Å². The number of ether oxygens (including phenoxy) is 2. The smallest absolute Gasteiger partial charge is 0.161 e. The van der Waals surface area contributed by atoms with Gasteiger partial charge >= 0.3 is 0 Å². The number of aliphatic hydroxyl groups is 1. The monoisotopic (exact) mass is 313 g/mol. The summed E-state index contributed by atoms with van der Waals surface area (Å²) in [6.45, 7) is 0.437. The first-order chi connectivity index (χ1) is 11.1. The fourth-order valence-electron chi connectivity index (χ4n) is 3.52.